The minimum Gasteiger partial charge on any atom is -0.512 e. The van der Waals surface area contributed by atoms with Crippen LogP contribution in [-0.2, 0) is 100.0 Å². The molecule has 9 amide bonds. The van der Waals surface area contributed by atoms with E-state index in [-0.39, 0.29) is 208 Å². The summed E-state index contributed by atoms with van der Waals surface area (Å²) in [5, 5.41) is 80.0. The maximum Gasteiger partial charge on any atom is 0.323 e. The molecule has 0 radical (unpaired) electrons. The van der Waals surface area contributed by atoms with Crippen molar-refractivity contribution in [1.29, 1.82) is 0 Å². The summed E-state index contributed by atoms with van der Waals surface area (Å²) in [6.07, 6.45) is 8.46. The number of aryl methyl sites for hydroxylation is 6. The van der Waals surface area contributed by atoms with Crippen molar-refractivity contribution in [2.24, 2.45) is 14.1 Å². The van der Waals surface area contributed by atoms with E-state index in [1.54, 1.807) is 118 Å². The van der Waals surface area contributed by atoms with Gasteiger partial charge < -0.3 is 113 Å². The predicted octanol–water partition coefficient (Wildman–Crippen LogP) is -0.382. The number of H-pyrrole nitrogens is 2. The molecule has 3 unspecified atom stereocenters. The molecular weight excluding hydrogens is 1930 g/mol. The molecule has 4 aromatic heterocycles. The van der Waals surface area contributed by atoms with Crippen molar-refractivity contribution in [3.63, 3.8) is 0 Å². The third-order valence-corrected chi connectivity index (χ3v) is 27.0. The number of amides is 9. The van der Waals surface area contributed by atoms with Crippen LogP contribution in [0, 0.1) is 27.7 Å². The summed E-state index contributed by atoms with van der Waals surface area (Å²) in [6.45, 7) is 11.5. The molecule has 9 rings (SSSR count). The number of carboxylic acid groups (broad SMARTS) is 4. The second-order valence-electron chi connectivity index (χ2n) is 34.8. The van der Waals surface area contributed by atoms with E-state index in [0.717, 1.165) is 11.1 Å². The number of ether oxygens (including phenoxy) is 2. The summed E-state index contributed by atoms with van der Waals surface area (Å²) >= 11 is 0. The van der Waals surface area contributed by atoms with Gasteiger partial charge in [-0.1, -0.05) is 32.6 Å². The van der Waals surface area contributed by atoms with Crippen LogP contribution >= 0.6 is 0 Å². The molecule has 786 valence electrons. The second kappa shape index (κ2) is 54.6. The molecule has 4 aromatic carbocycles. The number of hydrogen-bond donors (Lipinski definition) is 20. The number of carboxylic acids is 4. The molecule has 8 aromatic rings. The zero-order valence-electron chi connectivity index (χ0n) is 81.7. The summed E-state index contributed by atoms with van der Waals surface area (Å²) in [5.74, 6) is -10.7. The number of rotatable bonds is 55. The van der Waals surface area contributed by atoms with Crippen LogP contribution in [0.25, 0.3) is 21.8 Å². The molecule has 0 bridgehead atoms. The lowest BCUT2D eigenvalue weighted by Gasteiger charge is -2.33. The highest BCUT2D eigenvalue weighted by molar-refractivity contribution is 7.90. The Morgan fingerprint density at radius 3 is 1.19 bits per heavy atom. The number of hydrogen-bond acceptors (Lipinski definition) is 30. The number of aliphatic carboxylic acids is 4. The Bertz CT molecular complexity index is 6280. The number of carbonyl (C=O) groups is 13. The number of nitrogens with zero attached hydrogens (tertiary/aromatic N) is 8. The molecule has 1 fully saturated rings. The number of aromatic amines is 2. The minimum absolute atomic E-state index is 0.00458. The van der Waals surface area contributed by atoms with Gasteiger partial charge in [-0.15, -0.1) is 0 Å². The largest absolute Gasteiger partial charge is 0.512 e. The number of aliphatic hydroxyl groups is 1. The first-order valence-corrected chi connectivity index (χ1v) is 49.8. The van der Waals surface area contributed by atoms with Crippen molar-refractivity contribution in [1.82, 2.24) is 106 Å². The lowest BCUT2D eigenvalue weighted by atomic mass is 10.1. The molecule has 1 aliphatic heterocycles. The standard InChI is InChI=1S/C94H127N23O26S2/c1-10-69(88(131)97-24-22-95-76(119)14-12-38-142-63-40-56(3)84(57(4)41-63)144(138,139)110-72(91(134)135)48-103-86(129)67-51-112(8)74-44-61(16-18-65(74)82(67)127)46-105-93-99-26-27-100-93)107-78(121)21-20-71(108-79(122)53-115-32-36-116(54-80(123)124)34-30-114(50-60(7)118)31-35-117(37-33-115)55-81(125)126)90(133)109-70(11-2)89(132)98-25-23-96-77(120)15-13-39-143-64-42-58(5)85(59(6)43-64)145(140,141)111-73(92(136)137)49-104-87(130)68-52-113(9)75-45-62(17-19-66(75)83(68)128)47-106-94-101-28-29-102-94/h16-19,26-29,40-45,51-52,69-73,110-111,118H,7,10-15,20-25,30-39,46-50,53-55H2,1-6,8-9H3,(H,95,119)(H,96,120)(H,97,131)(H,98,132)(H,103,129)(H,104,130)(H,107,121)(H,108,122)(H,109,133)(H,123,124)(H,125,126)(H,134,135)(H,136,137)(H2,99,100,105)(H2,101,102,106)/t69?,70?,71?,72-,73-/m0/s1. The number of aromatic nitrogens is 6. The average molecular weight is 2060 g/mol. The number of fused-ring (bicyclic) bond motifs is 2. The van der Waals surface area contributed by atoms with Gasteiger partial charge in [0.15, 0.2) is 11.9 Å². The number of benzene rings is 4. The second-order valence-corrected chi connectivity index (χ2v) is 38.1. The Morgan fingerprint density at radius 2 is 0.821 bits per heavy atom. The molecule has 5 heterocycles. The van der Waals surface area contributed by atoms with E-state index in [4.69, 9.17) is 9.47 Å². The van der Waals surface area contributed by atoms with Gasteiger partial charge in [-0.3, -0.25) is 91.5 Å². The number of aliphatic hydroxyl groups excluding tert-OH is 1. The normalized spacial score (nSPS) is 14.1. The number of anilines is 2. The third kappa shape index (κ3) is 35.1. The van der Waals surface area contributed by atoms with E-state index >= 15 is 0 Å². The highest BCUT2D eigenvalue weighted by atomic mass is 32.2. The van der Waals surface area contributed by atoms with E-state index in [1.165, 1.54) is 64.4 Å². The molecule has 5 atom stereocenters. The Hall–Kier alpha value is -14.8. The molecular formula is C94H127N23O26S2. The summed E-state index contributed by atoms with van der Waals surface area (Å²) in [5.41, 5.74) is 1.41. The van der Waals surface area contributed by atoms with Crippen LogP contribution in [0.4, 0.5) is 11.9 Å². The van der Waals surface area contributed by atoms with Crippen LogP contribution in [0.15, 0.2) is 130 Å². The smallest absolute Gasteiger partial charge is 0.323 e. The van der Waals surface area contributed by atoms with Crippen LogP contribution in [0.3, 0.4) is 0 Å². The fourth-order valence-corrected chi connectivity index (χ4v) is 19.4. The summed E-state index contributed by atoms with van der Waals surface area (Å²) in [4.78, 5) is 219. The maximum absolute atomic E-state index is 14.5. The van der Waals surface area contributed by atoms with Crippen molar-refractivity contribution in [3.8, 4) is 11.5 Å². The number of pyridine rings is 2. The first kappa shape index (κ1) is 114. The Labute approximate surface area is 835 Å². The van der Waals surface area contributed by atoms with Crippen molar-refractivity contribution >= 4 is 131 Å². The molecule has 1 saturated heterocycles. The topological polar surface area (TPSA) is 681 Å². The highest BCUT2D eigenvalue weighted by Crippen LogP contribution is 2.29. The van der Waals surface area contributed by atoms with Crippen LogP contribution in [-0.4, -0.2) is 329 Å². The monoisotopic (exact) mass is 2060 g/mol. The van der Waals surface area contributed by atoms with Gasteiger partial charge in [-0.2, -0.15) is 9.44 Å². The van der Waals surface area contributed by atoms with Gasteiger partial charge in [0.2, 0.25) is 72.3 Å². The van der Waals surface area contributed by atoms with Gasteiger partial charge in [0.25, 0.3) is 11.8 Å². The molecule has 145 heavy (non-hydrogen) atoms. The number of nitrogens with one attached hydrogen (secondary N) is 15. The molecule has 49 nitrogen and oxygen atoms in total. The van der Waals surface area contributed by atoms with Crippen molar-refractivity contribution in [3.05, 3.63) is 175 Å². The predicted molar refractivity (Wildman–Crippen MR) is 530 cm³/mol. The number of carbonyl (C=O) groups excluding carboxylic acids is 9. The highest BCUT2D eigenvalue weighted by Gasteiger charge is 2.35. The van der Waals surface area contributed by atoms with E-state index in [9.17, 15) is 114 Å². The van der Waals surface area contributed by atoms with Crippen molar-refractivity contribution < 1.29 is 114 Å². The average Bonchev–Trinajstić information content (AvgIpc) is 1.18. The Kier molecular flexibility index (Phi) is 42.9. The van der Waals surface area contributed by atoms with Crippen LogP contribution in [0.1, 0.15) is 119 Å². The lowest BCUT2D eigenvalue weighted by Crippen LogP contribution is -2.55. The van der Waals surface area contributed by atoms with Gasteiger partial charge >= 0.3 is 23.9 Å². The molecule has 51 heteroatoms. The molecule has 1 aliphatic rings. The van der Waals surface area contributed by atoms with Gasteiger partial charge in [0, 0.05) is 186 Å². The third-order valence-electron chi connectivity index (χ3n) is 23.4. The van der Waals surface area contributed by atoms with E-state index in [1.807, 2.05) is 0 Å². The summed E-state index contributed by atoms with van der Waals surface area (Å²) in [6, 6.07) is 8.00. The van der Waals surface area contributed by atoms with Crippen molar-refractivity contribution in [2.75, 3.05) is 142 Å². The van der Waals surface area contributed by atoms with Crippen LogP contribution in [0.5, 0.6) is 11.5 Å². The number of imidazole rings is 2. The Balaban J connectivity index is 0.728. The summed E-state index contributed by atoms with van der Waals surface area (Å²) in [7, 11) is -5.93. The van der Waals surface area contributed by atoms with Gasteiger partial charge in [0.1, 0.15) is 52.8 Å². The fourth-order valence-electron chi connectivity index (χ4n) is 16.1. The first-order chi connectivity index (χ1) is 68.9. The lowest BCUT2D eigenvalue weighted by molar-refractivity contribution is -0.139. The quantitative estimate of drug-likeness (QED) is 0.0171. The molecule has 20 N–H and O–H groups in total. The summed E-state index contributed by atoms with van der Waals surface area (Å²) < 4.78 is 74.6. The minimum atomic E-state index is -4.59. The number of sulfonamides is 2. The fraction of sp³-hybridized carbons (Fsp3) is 0.457. The van der Waals surface area contributed by atoms with E-state index in [2.05, 4.69) is 94.4 Å². The maximum atomic E-state index is 14.5. The van der Waals surface area contributed by atoms with E-state index < -0.39 is 184 Å². The van der Waals surface area contributed by atoms with Gasteiger partial charge in [0.05, 0.1) is 66.0 Å². The molecule has 0 saturated carbocycles. The van der Waals surface area contributed by atoms with Gasteiger partial charge in [-0.05, 0) is 142 Å². The van der Waals surface area contributed by atoms with Crippen LogP contribution < -0.4 is 88.3 Å². The molecule has 0 spiro atoms. The van der Waals surface area contributed by atoms with E-state index in [0.29, 0.717) is 36.0 Å². The zero-order chi connectivity index (χ0) is 106. The Morgan fingerprint density at radius 1 is 0.448 bits per heavy atom. The van der Waals surface area contributed by atoms with Gasteiger partial charge in [-0.25, -0.2) is 26.8 Å². The van der Waals surface area contributed by atoms with Crippen LogP contribution in [0.2, 0.25) is 0 Å². The van der Waals surface area contributed by atoms with Crippen molar-refractivity contribution in [2.45, 2.75) is 146 Å². The molecule has 0 aliphatic carbocycles. The first-order valence-electron chi connectivity index (χ1n) is 46.8. The SMILES string of the molecule is C=C(O)CN1CCN(CC(=O)O)CCN(CC(=O)NC(CCC(=O)NC(CC)C(=O)NCCNC(=O)CCCOc2cc(C)c(S(=O)(=O)N[C@@H](CNC(=O)c3cn(C)c4cc(CNc5ncc[nH]5)ccc4c3=O)C(=O)O)c(C)c2)C(=O)NC(CC)C(=O)NCCNC(=O)CCCOc2cc(C)c(S(=O)(=O)N[C@@H](CNC(=O)c3cn(C)c4cc(CNc5ncc[nH]5)ccc4c3=O)C(=O)O)c(C)c2)CCN(CC(=O)O)CC1. The zero-order valence-corrected chi connectivity index (χ0v) is 83.4.